The predicted molar refractivity (Wildman–Crippen MR) is 91.2 cm³/mol. The summed E-state index contributed by atoms with van der Waals surface area (Å²) in [7, 11) is 0. The SMILES string of the molecule is Cc1cc(C)n2ncc(-c3noc(C4CN(C(C)C)CCO4)n3)c2n1. The van der Waals surface area contributed by atoms with E-state index in [9.17, 15) is 0 Å². The zero-order valence-corrected chi connectivity index (χ0v) is 14.9. The maximum absolute atomic E-state index is 5.83. The van der Waals surface area contributed by atoms with Crippen LogP contribution in [0.25, 0.3) is 17.0 Å². The van der Waals surface area contributed by atoms with E-state index in [0.29, 0.717) is 24.4 Å². The van der Waals surface area contributed by atoms with Crippen LogP contribution in [0.5, 0.6) is 0 Å². The zero-order valence-electron chi connectivity index (χ0n) is 14.9. The molecule has 0 N–H and O–H groups in total. The van der Waals surface area contributed by atoms with Gasteiger partial charge in [0.25, 0.3) is 5.89 Å². The van der Waals surface area contributed by atoms with E-state index in [-0.39, 0.29) is 6.10 Å². The van der Waals surface area contributed by atoms with Gasteiger partial charge >= 0.3 is 0 Å². The summed E-state index contributed by atoms with van der Waals surface area (Å²) in [4.78, 5) is 11.5. The molecule has 0 saturated carbocycles. The van der Waals surface area contributed by atoms with Crippen LogP contribution in [-0.4, -0.2) is 55.4 Å². The molecule has 8 nitrogen and oxygen atoms in total. The molecule has 0 spiro atoms. The van der Waals surface area contributed by atoms with E-state index in [4.69, 9.17) is 9.26 Å². The van der Waals surface area contributed by atoms with Gasteiger partial charge in [0.15, 0.2) is 5.65 Å². The van der Waals surface area contributed by atoms with Crippen LogP contribution < -0.4 is 0 Å². The van der Waals surface area contributed by atoms with Crippen molar-refractivity contribution in [3.8, 4) is 11.4 Å². The van der Waals surface area contributed by atoms with Crippen molar-refractivity contribution < 1.29 is 9.26 Å². The van der Waals surface area contributed by atoms with E-state index in [1.807, 2.05) is 19.9 Å². The van der Waals surface area contributed by atoms with Crippen molar-refractivity contribution in [1.29, 1.82) is 0 Å². The summed E-state index contributed by atoms with van der Waals surface area (Å²) in [5.74, 6) is 0.997. The largest absolute Gasteiger partial charge is 0.366 e. The number of aromatic nitrogens is 5. The number of hydrogen-bond donors (Lipinski definition) is 0. The molecule has 1 fully saturated rings. The first-order chi connectivity index (χ1) is 12.0. The molecule has 1 aliphatic heterocycles. The lowest BCUT2D eigenvalue weighted by molar-refractivity contribution is -0.0539. The summed E-state index contributed by atoms with van der Waals surface area (Å²) in [6.45, 7) is 10.7. The highest BCUT2D eigenvalue weighted by Gasteiger charge is 2.28. The lowest BCUT2D eigenvalue weighted by atomic mass is 10.2. The second-order valence-electron chi connectivity index (χ2n) is 6.74. The van der Waals surface area contributed by atoms with Crippen molar-refractivity contribution in [2.24, 2.45) is 0 Å². The molecule has 0 radical (unpaired) electrons. The molecule has 0 aliphatic carbocycles. The maximum atomic E-state index is 5.83. The predicted octanol–water partition coefficient (Wildman–Crippen LogP) is 2.18. The van der Waals surface area contributed by atoms with E-state index in [2.05, 4.69) is 39.0 Å². The van der Waals surface area contributed by atoms with E-state index in [1.54, 1.807) is 10.7 Å². The summed E-state index contributed by atoms with van der Waals surface area (Å²) in [5.41, 5.74) is 3.44. The molecule has 0 amide bonds. The van der Waals surface area contributed by atoms with Crippen LogP contribution in [0, 0.1) is 13.8 Å². The Labute approximate surface area is 145 Å². The van der Waals surface area contributed by atoms with E-state index < -0.39 is 0 Å². The van der Waals surface area contributed by atoms with Crippen LogP contribution in [-0.2, 0) is 4.74 Å². The molecular formula is C17H22N6O2. The molecule has 0 bridgehead atoms. The Morgan fingerprint density at radius 3 is 2.88 bits per heavy atom. The van der Waals surface area contributed by atoms with Crippen LogP contribution in [0.2, 0.25) is 0 Å². The third-order valence-corrected chi connectivity index (χ3v) is 4.56. The summed E-state index contributed by atoms with van der Waals surface area (Å²) in [6.07, 6.45) is 1.53. The third kappa shape index (κ3) is 2.91. The lowest BCUT2D eigenvalue weighted by Gasteiger charge is -2.33. The minimum Gasteiger partial charge on any atom is -0.366 e. The molecule has 25 heavy (non-hydrogen) atoms. The van der Waals surface area contributed by atoms with Gasteiger partial charge in [-0.05, 0) is 33.8 Å². The standard InChI is InChI=1S/C17H22N6O2/c1-10(2)22-5-6-24-14(9-22)17-20-15(21-25-17)13-8-18-23-12(4)7-11(3)19-16(13)23/h7-8,10,14H,5-6,9H2,1-4H3. The van der Waals surface area contributed by atoms with Crippen molar-refractivity contribution in [3.63, 3.8) is 0 Å². The Bertz CT molecular complexity index is 900. The van der Waals surface area contributed by atoms with Crippen molar-refractivity contribution >= 4 is 5.65 Å². The first-order valence-corrected chi connectivity index (χ1v) is 8.54. The minimum absolute atomic E-state index is 0.198. The van der Waals surface area contributed by atoms with Gasteiger partial charge in [-0.25, -0.2) is 9.50 Å². The van der Waals surface area contributed by atoms with Gasteiger partial charge in [-0.3, -0.25) is 4.90 Å². The molecule has 3 aromatic heterocycles. The first-order valence-electron chi connectivity index (χ1n) is 8.54. The maximum Gasteiger partial charge on any atom is 0.257 e. The number of ether oxygens (including phenoxy) is 1. The van der Waals surface area contributed by atoms with Crippen LogP contribution in [0.15, 0.2) is 16.8 Å². The summed E-state index contributed by atoms with van der Waals surface area (Å²) >= 11 is 0. The molecule has 1 aliphatic rings. The topological polar surface area (TPSA) is 81.6 Å². The fraction of sp³-hybridized carbons (Fsp3) is 0.529. The molecule has 4 heterocycles. The van der Waals surface area contributed by atoms with Crippen molar-refractivity contribution in [2.45, 2.75) is 39.8 Å². The Balaban J connectivity index is 1.66. The quantitative estimate of drug-likeness (QED) is 0.721. The molecule has 4 rings (SSSR count). The number of hydrogen-bond acceptors (Lipinski definition) is 7. The van der Waals surface area contributed by atoms with Crippen LogP contribution >= 0.6 is 0 Å². The lowest BCUT2D eigenvalue weighted by Crippen LogP contribution is -2.42. The van der Waals surface area contributed by atoms with Gasteiger partial charge in [0.05, 0.1) is 18.4 Å². The van der Waals surface area contributed by atoms with Crippen molar-refractivity contribution in [2.75, 3.05) is 19.7 Å². The summed E-state index contributed by atoms with van der Waals surface area (Å²) < 4.78 is 13.1. The Hall–Kier alpha value is -2.32. The van der Waals surface area contributed by atoms with Gasteiger partial charge < -0.3 is 9.26 Å². The van der Waals surface area contributed by atoms with E-state index in [1.165, 1.54) is 0 Å². The number of morpholine rings is 1. The number of aryl methyl sites for hydroxylation is 2. The second kappa shape index (κ2) is 6.20. The normalized spacial score (nSPS) is 19.2. The summed E-state index contributed by atoms with van der Waals surface area (Å²) in [6, 6.07) is 2.45. The molecule has 1 unspecified atom stereocenters. The smallest absolute Gasteiger partial charge is 0.257 e. The Morgan fingerprint density at radius 1 is 1.24 bits per heavy atom. The van der Waals surface area contributed by atoms with Gasteiger partial charge in [0.1, 0.15) is 6.10 Å². The third-order valence-electron chi connectivity index (χ3n) is 4.56. The molecule has 132 valence electrons. The molecule has 0 aromatic carbocycles. The summed E-state index contributed by atoms with van der Waals surface area (Å²) in [5, 5.41) is 8.52. The monoisotopic (exact) mass is 342 g/mol. The van der Waals surface area contributed by atoms with Crippen LogP contribution in [0.3, 0.4) is 0 Å². The fourth-order valence-corrected chi connectivity index (χ4v) is 3.19. The highest BCUT2D eigenvalue weighted by atomic mass is 16.5. The molecule has 1 atom stereocenters. The molecule has 3 aromatic rings. The highest BCUT2D eigenvalue weighted by molar-refractivity contribution is 5.72. The van der Waals surface area contributed by atoms with Crippen LogP contribution in [0.4, 0.5) is 0 Å². The van der Waals surface area contributed by atoms with E-state index >= 15 is 0 Å². The minimum atomic E-state index is -0.198. The number of fused-ring (bicyclic) bond motifs is 1. The molecule has 1 saturated heterocycles. The average molecular weight is 342 g/mol. The van der Waals surface area contributed by atoms with E-state index in [0.717, 1.165) is 35.7 Å². The van der Waals surface area contributed by atoms with Crippen molar-refractivity contribution in [3.05, 3.63) is 29.5 Å². The second-order valence-corrected chi connectivity index (χ2v) is 6.74. The fourth-order valence-electron chi connectivity index (χ4n) is 3.19. The van der Waals surface area contributed by atoms with Gasteiger partial charge in [-0.2, -0.15) is 10.1 Å². The molecular weight excluding hydrogens is 320 g/mol. The Morgan fingerprint density at radius 2 is 2.08 bits per heavy atom. The van der Waals surface area contributed by atoms with Gasteiger partial charge in [-0.15, -0.1) is 0 Å². The van der Waals surface area contributed by atoms with Crippen LogP contribution in [0.1, 0.15) is 37.2 Å². The van der Waals surface area contributed by atoms with Gasteiger partial charge in [0.2, 0.25) is 5.82 Å². The van der Waals surface area contributed by atoms with Crippen molar-refractivity contribution in [1.82, 2.24) is 29.6 Å². The zero-order chi connectivity index (χ0) is 17.6. The Kier molecular flexibility index (Phi) is 4.01. The number of nitrogens with zero attached hydrogens (tertiary/aromatic N) is 6. The van der Waals surface area contributed by atoms with Gasteiger partial charge in [0, 0.05) is 30.5 Å². The first kappa shape index (κ1) is 16.2. The van der Waals surface area contributed by atoms with Gasteiger partial charge in [-0.1, -0.05) is 5.16 Å². The highest BCUT2D eigenvalue weighted by Crippen LogP contribution is 2.26. The molecule has 8 heteroatoms. The number of rotatable bonds is 3. The average Bonchev–Trinajstić information content (AvgIpc) is 3.21.